The fourth-order valence-corrected chi connectivity index (χ4v) is 2.49. The van der Waals surface area contributed by atoms with Gasteiger partial charge in [0.05, 0.1) is 5.56 Å². The predicted octanol–water partition coefficient (Wildman–Crippen LogP) is 3.39. The Hall–Kier alpha value is -0.350. The first kappa shape index (κ1) is 11.7. The lowest BCUT2D eigenvalue weighted by atomic mass is 10.0. The van der Waals surface area contributed by atoms with Crippen LogP contribution in [0.2, 0.25) is 0 Å². The number of aromatic carboxylic acids is 1. The molecule has 0 aliphatic carbocycles. The van der Waals surface area contributed by atoms with Gasteiger partial charge < -0.3 is 5.11 Å². The van der Waals surface area contributed by atoms with Gasteiger partial charge in [-0.2, -0.15) is 0 Å². The Bertz CT molecular complexity index is 361. The van der Waals surface area contributed by atoms with E-state index in [1.807, 2.05) is 13.0 Å². The summed E-state index contributed by atoms with van der Waals surface area (Å²) >= 11 is 6.68. The Kier molecular flexibility index (Phi) is 4.13. The SMILES string of the molecule is Cc1ccc(C(=O)O)c(Br)c1CCBr. The molecule has 76 valence electrons. The number of hydrogen-bond acceptors (Lipinski definition) is 1. The molecule has 0 heterocycles. The molecule has 14 heavy (non-hydrogen) atoms. The lowest BCUT2D eigenvalue weighted by Gasteiger charge is -2.09. The van der Waals surface area contributed by atoms with Gasteiger partial charge in [-0.1, -0.05) is 22.0 Å². The largest absolute Gasteiger partial charge is 0.478 e. The van der Waals surface area contributed by atoms with Gasteiger partial charge in [-0.05, 0) is 46.5 Å². The maximum absolute atomic E-state index is 10.8. The summed E-state index contributed by atoms with van der Waals surface area (Å²) in [5.41, 5.74) is 2.50. The Morgan fingerprint density at radius 1 is 1.50 bits per heavy atom. The lowest BCUT2D eigenvalue weighted by Crippen LogP contribution is -2.02. The molecule has 0 unspecified atom stereocenters. The normalized spacial score (nSPS) is 10.2. The predicted molar refractivity (Wildman–Crippen MR) is 63.3 cm³/mol. The van der Waals surface area contributed by atoms with E-state index in [9.17, 15) is 4.79 Å². The number of rotatable bonds is 3. The van der Waals surface area contributed by atoms with Gasteiger partial charge in [-0.15, -0.1) is 0 Å². The molecule has 0 saturated carbocycles. The Morgan fingerprint density at radius 3 is 2.64 bits per heavy atom. The average molecular weight is 322 g/mol. The van der Waals surface area contributed by atoms with Crippen molar-refractivity contribution in [1.29, 1.82) is 0 Å². The first-order valence-electron chi connectivity index (χ1n) is 4.15. The van der Waals surface area contributed by atoms with Crippen LogP contribution in [0.4, 0.5) is 0 Å². The van der Waals surface area contributed by atoms with Gasteiger partial charge in [0, 0.05) is 9.80 Å². The molecule has 1 N–H and O–H groups in total. The van der Waals surface area contributed by atoms with E-state index in [4.69, 9.17) is 5.11 Å². The second kappa shape index (κ2) is 4.94. The third-order valence-corrected chi connectivity index (χ3v) is 3.35. The van der Waals surface area contributed by atoms with E-state index in [2.05, 4.69) is 31.9 Å². The monoisotopic (exact) mass is 320 g/mol. The smallest absolute Gasteiger partial charge is 0.336 e. The highest BCUT2D eigenvalue weighted by molar-refractivity contribution is 9.10. The maximum Gasteiger partial charge on any atom is 0.336 e. The topological polar surface area (TPSA) is 37.3 Å². The van der Waals surface area contributed by atoms with Crippen LogP contribution in [0.1, 0.15) is 21.5 Å². The van der Waals surface area contributed by atoms with E-state index in [-0.39, 0.29) is 0 Å². The molecule has 0 atom stereocenters. The molecule has 4 heteroatoms. The van der Waals surface area contributed by atoms with Crippen LogP contribution >= 0.6 is 31.9 Å². The molecule has 0 aliphatic heterocycles. The van der Waals surface area contributed by atoms with E-state index in [1.54, 1.807) is 6.07 Å². The minimum absolute atomic E-state index is 0.326. The molecule has 0 aliphatic rings. The van der Waals surface area contributed by atoms with E-state index < -0.39 is 5.97 Å². The summed E-state index contributed by atoms with van der Waals surface area (Å²) in [4.78, 5) is 10.8. The van der Waals surface area contributed by atoms with Gasteiger partial charge in [0.15, 0.2) is 0 Å². The Morgan fingerprint density at radius 2 is 2.14 bits per heavy atom. The van der Waals surface area contributed by atoms with Crippen LogP contribution in [-0.2, 0) is 6.42 Å². The van der Waals surface area contributed by atoms with Crippen LogP contribution in [0.3, 0.4) is 0 Å². The van der Waals surface area contributed by atoms with Crippen molar-refractivity contribution in [2.75, 3.05) is 5.33 Å². The molecule has 0 bridgehead atoms. The minimum atomic E-state index is -0.896. The van der Waals surface area contributed by atoms with Crippen molar-refractivity contribution < 1.29 is 9.90 Å². The van der Waals surface area contributed by atoms with E-state index in [1.165, 1.54) is 0 Å². The van der Waals surface area contributed by atoms with Crippen molar-refractivity contribution in [2.24, 2.45) is 0 Å². The van der Waals surface area contributed by atoms with E-state index in [0.717, 1.165) is 22.9 Å². The molecule has 0 fully saturated rings. The first-order valence-corrected chi connectivity index (χ1v) is 6.06. The number of carboxylic acid groups (broad SMARTS) is 1. The molecular formula is C10H10Br2O2. The summed E-state index contributed by atoms with van der Waals surface area (Å²) in [6.07, 6.45) is 0.827. The van der Waals surface area contributed by atoms with E-state index in [0.29, 0.717) is 10.0 Å². The number of carboxylic acids is 1. The van der Waals surface area contributed by atoms with Crippen LogP contribution in [0.25, 0.3) is 0 Å². The van der Waals surface area contributed by atoms with Crippen molar-refractivity contribution in [3.05, 3.63) is 33.3 Å². The maximum atomic E-state index is 10.8. The number of halogens is 2. The molecule has 0 amide bonds. The third kappa shape index (κ3) is 2.36. The number of alkyl halides is 1. The summed E-state index contributed by atoms with van der Waals surface area (Å²) in [5, 5.41) is 9.74. The van der Waals surface area contributed by atoms with Gasteiger partial charge in [0.25, 0.3) is 0 Å². The van der Waals surface area contributed by atoms with Crippen molar-refractivity contribution >= 4 is 37.8 Å². The zero-order chi connectivity index (χ0) is 10.7. The van der Waals surface area contributed by atoms with Gasteiger partial charge >= 0.3 is 5.97 Å². The summed E-state index contributed by atoms with van der Waals surface area (Å²) in [5.74, 6) is -0.896. The second-order valence-electron chi connectivity index (χ2n) is 2.97. The molecule has 0 spiro atoms. The summed E-state index contributed by atoms with van der Waals surface area (Å²) < 4.78 is 0.699. The van der Waals surface area contributed by atoms with Gasteiger partial charge in [-0.25, -0.2) is 4.79 Å². The summed E-state index contributed by atoms with van der Waals surface area (Å²) in [7, 11) is 0. The van der Waals surface area contributed by atoms with E-state index >= 15 is 0 Å². The molecule has 2 nitrogen and oxygen atoms in total. The highest BCUT2D eigenvalue weighted by Gasteiger charge is 2.13. The van der Waals surface area contributed by atoms with Crippen molar-refractivity contribution in [3.63, 3.8) is 0 Å². The van der Waals surface area contributed by atoms with Crippen LogP contribution in [0, 0.1) is 6.92 Å². The second-order valence-corrected chi connectivity index (χ2v) is 4.55. The van der Waals surface area contributed by atoms with Crippen LogP contribution in [0.5, 0.6) is 0 Å². The molecule has 1 aromatic rings. The first-order chi connectivity index (χ1) is 6.57. The number of benzene rings is 1. The molecule has 1 aromatic carbocycles. The molecule has 0 radical (unpaired) electrons. The molecule has 0 saturated heterocycles. The average Bonchev–Trinajstić information content (AvgIpc) is 2.11. The van der Waals surface area contributed by atoms with Crippen molar-refractivity contribution in [1.82, 2.24) is 0 Å². The molecule has 0 aromatic heterocycles. The van der Waals surface area contributed by atoms with Gasteiger partial charge in [0.2, 0.25) is 0 Å². The number of aryl methyl sites for hydroxylation is 1. The summed E-state index contributed by atoms with van der Waals surface area (Å²) in [6.45, 7) is 1.98. The van der Waals surface area contributed by atoms with Gasteiger partial charge in [-0.3, -0.25) is 0 Å². The van der Waals surface area contributed by atoms with Gasteiger partial charge in [0.1, 0.15) is 0 Å². The van der Waals surface area contributed by atoms with Crippen LogP contribution in [0.15, 0.2) is 16.6 Å². The lowest BCUT2D eigenvalue weighted by molar-refractivity contribution is 0.0696. The van der Waals surface area contributed by atoms with Crippen molar-refractivity contribution in [2.45, 2.75) is 13.3 Å². The zero-order valence-electron chi connectivity index (χ0n) is 7.68. The third-order valence-electron chi connectivity index (χ3n) is 2.05. The zero-order valence-corrected chi connectivity index (χ0v) is 10.9. The number of hydrogen-bond donors (Lipinski definition) is 1. The fraction of sp³-hybridized carbons (Fsp3) is 0.300. The highest BCUT2D eigenvalue weighted by atomic mass is 79.9. The summed E-state index contributed by atoms with van der Waals surface area (Å²) in [6, 6.07) is 3.46. The van der Waals surface area contributed by atoms with Crippen molar-refractivity contribution in [3.8, 4) is 0 Å². The highest BCUT2D eigenvalue weighted by Crippen LogP contribution is 2.26. The molecule has 1 rings (SSSR count). The standard InChI is InChI=1S/C10H10Br2O2/c1-6-2-3-8(10(13)14)9(12)7(6)4-5-11/h2-3H,4-5H2,1H3,(H,13,14). The van der Waals surface area contributed by atoms with Crippen LogP contribution < -0.4 is 0 Å². The van der Waals surface area contributed by atoms with Crippen LogP contribution in [-0.4, -0.2) is 16.4 Å². The molecular weight excluding hydrogens is 312 g/mol. The fourth-order valence-electron chi connectivity index (χ4n) is 1.28. The Balaban J connectivity index is 3.26. The minimum Gasteiger partial charge on any atom is -0.478 e. The Labute approximate surface area is 99.6 Å². The number of carbonyl (C=O) groups is 1. The quantitative estimate of drug-likeness (QED) is 0.866.